The summed E-state index contributed by atoms with van der Waals surface area (Å²) < 4.78 is 31.7. The fraction of sp³-hybridized carbons (Fsp3) is 0.737. The fourth-order valence-corrected chi connectivity index (χ4v) is 4.13. The topological polar surface area (TPSA) is 69.6 Å². The number of rotatable bonds is 3. The van der Waals surface area contributed by atoms with Crippen LogP contribution in [0.25, 0.3) is 0 Å². The maximum atomic E-state index is 10.6. The molecule has 1 aromatic heterocycles. The van der Waals surface area contributed by atoms with E-state index in [1.54, 1.807) is 0 Å². The minimum absolute atomic E-state index is 0.504. The first-order valence-electron chi connectivity index (χ1n) is 9.78. The highest BCUT2D eigenvalue weighted by Crippen LogP contribution is 2.42. The Hall–Kier alpha value is -1.90. The second-order valence-electron chi connectivity index (χ2n) is 8.07. The third-order valence-electron chi connectivity index (χ3n) is 5.90. The molecule has 0 radical (unpaired) electrons. The number of aryl methyl sites for hydroxylation is 1. The molecule has 1 aliphatic carbocycles. The van der Waals surface area contributed by atoms with E-state index >= 15 is 0 Å². The van der Waals surface area contributed by atoms with Gasteiger partial charge in [0.05, 0.1) is 0 Å². The van der Waals surface area contributed by atoms with Gasteiger partial charge in [-0.05, 0) is 63.5 Å². The number of hydrogen-bond donors (Lipinski definition) is 1. The third-order valence-corrected chi connectivity index (χ3v) is 5.90. The Morgan fingerprint density at radius 1 is 1.18 bits per heavy atom. The Balaban J connectivity index is 0.000000279. The first-order valence-corrected chi connectivity index (χ1v) is 9.78. The lowest BCUT2D eigenvalue weighted by molar-refractivity contribution is -0.192. The van der Waals surface area contributed by atoms with Crippen molar-refractivity contribution in [2.45, 2.75) is 57.2 Å². The number of nitrogens with zero attached hydrogens (tertiary/aromatic N) is 4. The molecule has 28 heavy (non-hydrogen) atoms. The van der Waals surface area contributed by atoms with Crippen molar-refractivity contribution < 1.29 is 23.1 Å². The molecule has 3 aliphatic rings. The van der Waals surface area contributed by atoms with Crippen LogP contribution < -0.4 is 4.90 Å². The maximum absolute atomic E-state index is 10.6. The van der Waals surface area contributed by atoms with Gasteiger partial charge in [0.1, 0.15) is 0 Å². The van der Waals surface area contributed by atoms with Crippen molar-refractivity contribution in [3.63, 3.8) is 0 Å². The van der Waals surface area contributed by atoms with Gasteiger partial charge >= 0.3 is 12.1 Å². The average molecular weight is 400 g/mol. The molecule has 3 heterocycles. The number of aliphatic carboxylic acids is 1. The molecule has 9 heteroatoms. The highest BCUT2D eigenvalue weighted by molar-refractivity contribution is 5.73. The lowest BCUT2D eigenvalue weighted by Gasteiger charge is -2.45. The van der Waals surface area contributed by atoms with E-state index in [1.165, 1.54) is 51.6 Å². The summed E-state index contributed by atoms with van der Waals surface area (Å²) in [5, 5.41) is 7.12. The molecule has 3 fully saturated rings. The Labute approximate surface area is 162 Å². The van der Waals surface area contributed by atoms with Crippen molar-refractivity contribution in [3.8, 4) is 0 Å². The minimum atomic E-state index is -5.08. The summed E-state index contributed by atoms with van der Waals surface area (Å²) in [7, 11) is 0. The molecule has 6 nitrogen and oxygen atoms in total. The van der Waals surface area contributed by atoms with Crippen LogP contribution in [0, 0.1) is 12.8 Å². The van der Waals surface area contributed by atoms with Crippen molar-refractivity contribution >= 4 is 11.9 Å². The van der Waals surface area contributed by atoms with Gasteiger partial charge in [-0.25, -0.2) is 14.8 Å². The molecule has 1 N–H and O–H groups in total. The Bertz CT molecular complexity index is 669. The van der Waals surface area contributed by atoms with Crippen LogP contribution in [0.3, 0.4) is 0 Å². The molecule has 0 atom stereocenters. The van der Waals surface area contributed by atoms with Crippen molar-refractivity contribution in [3.05, 3.63) is 18.0 Å². The molecule has 2 aliphatic heterocycles. The minimum Gasteiger partial charge on any atom is -0.475 e. The number of alkyl halides is 3. The van der Waals surface area contributed by atoms with Crippen LogP contribution in [0.15, 0.2) is 12.4 Å². The Kier molecular flexibility index (Phi) is 6.12. The number of carboxylic acids is 1. The summed E-state index contributed by atoms with van der Waals surface area (Å²) in [5.74, 6) is -0.826. The zero-order valence-electron chi connectivity index (χ0n) is 16.1. The standard InChI is InChI=1S/C17H26N4.C2HF3O2/c1-14-11-18-16(19-12-14)20-9-6-17(7-10-20)5-2-8-21(17)13-15-3-4-15;3-2(4,5)1(6)7/h11-12,15H,2-10,13H2,1H3;(H,6,7). The summed E-state index contributed by atoms with van der Waals surface area (Å²) in [4.78, 5) is 23.1. The van der Waals surface area contributed by atoms with E-state index < -0.39 is 12.1 Å². The van der Waals surface area contributed by atoms with E-state index in [1.807, 2.05) is 19.3 Å². The van der Waals surface area contributed by atoms with Gasteiger partial charge in [-0.2, -0.15) is 13.2 Å². The quantitative estimate of drug-likeness (QED) is 0.840. The van der Waals surface area contributed by atoms with E-state index in [0.29, 0.717) is 5.54 Å². The van der Waals surface area contributed by atoms with Crippen LogP contribution in [0.1, 0.15) is 44.1 Å². The van der Waals surface area contributed by atoms with Crippen LogP contribution in [-0.4, -0.2) is 63.8 Å². The molecular weight excluding hydrogens is 373 g/mol. The number of hydrogen-bond acceptors (Lipinski definition) is 5. The van der Waals surface area contributed by atoms with Crippen molar-refractivity contribution in [1.82, 2.24) is 14.9 Å². The molecule has 1 aromatic rings. The summed E-state index contributed by atoms with van der Waals surface area (Å²) in [6.07, 6.45) is 7.10. The lowest BCUT2D eigenvalue weighted by atomic mass is 9.85. The molecule has 0 amide bonds. The second-order valence-corrected chi connectivity index (χ2v) is 8.07. The van der Waals surface area contributed by atoms with Crippen LogP contribution in [-0.2, 0) is 4.79 Å². The summed E-state index contributed by atoms with van der Waals surface area (Å²) in [5.41, 5.74) is 1.64. The predicted octanol–water partition coefficient (Wildman–Crippen LogP) is 3.26. The Morgan fingerprint density at radius 2 is 1.75 bits per heavy atom. The SMILES string of the molecule is Cc1cnc(N2CCC3(CCCN3CC3CC3)CC2)nc1.O=C(O)C(F)(F)F. The van der Waals surface area contributed by atoms with Gasteiger partial charge in [-0.1, -0.05) is 0 Å². The summed E-state index contributed by atoms with van der Waals surface area (Å²) in [6, 6.07) is 0. The van der Waals surface area contributed by atoms with Crippen LogP contribution >= 0.6 is 0 Å². The van der Waals surface area contributed by atoms with Gasteiger partial charge in [0.25, 0.3) is 0 Å². The van der Waals surface area contributed by atoms with Crippen molar-refractivity contribution in [1.29, 1.82) is 0 Å². The highest BCUT2D eigenvalue weighted by atomic mass is 19.4. The van der Waals surface area contributed by atoms with Gasteiger partial charge < -0.3 is 10.0 Å². The van der Waals surface area contributed by atoms with Crippen LogP contribution in [0.2, 0.25) is 0 Å². The maximum Gasteiger partial charge on any atom is 0.490 e. The van der Waals surface area contributed by atoms with Crippen molar-refractivity contribution in [2.24, 2.45) is 5.92 Å². The number of carboxylic acid groups (broad SMARTS) is 1. The molecule has 0 bridgehead atoms. The number of aromatic nitrogens is 2. The number of likely N-dealkylation sites (tertiary alicyclic amines) is 1. The first-order chi connectivity index (χ1) is 13.2. The number of piperidine rings is 1. The second kappa shape index (κ2) is 8.23. The fourth-order valence-electron chi connectivity index (χ4n) is 4.13. The van der Waals surface area contributed by atoms with E-state index in [9.17, 15) is 13.2 Å². The normalized spacial score (nSPS) is 22.1. The van der Waals surface area contributed by atoms with E-state index in [4.69, 9.17) is 9.90 Å². The monoisotopic (exact) mass is 400 g/mol. The van der Waals surface area contributed by atoms with Gasteiger partial charge in [0.2, 0.25) is 5.95 Å². The zero-order valence-corrected chi connectivity index (χ0v) is 16.1. The van der Waals surface area contributed by atoms with Gasteiger partial charge in [-0.3, -0.25) is 4.90 Å². The number of carbonyl (C=O) groups is 1. The van der Waals surface area contributed by atoms with Gasteiger partial charge in [0.15, 0.2) is 0 Å². The lowest BCUT2D eigenvalue weighted by Crippen LogP contribution is -2.53. The van der Waals surface area contributed by atoms with E-state index in [0.717, 1.165) is 30.5 Å². The zero-order chi connectivity index (χ0) is 20.4. The van der Waals surface area contributed by atoms with E-state index in [2.05, 4.69) is 19.8 Å². The molecule has 0 aromatic carbocycles. The summed E-state index contributed by atoms with van der Waals surface area (Å²) in [6.45, 7) is 6.97. The van der Waals surface area contributed by atoms with Crippen LogP contribution in [0.4, 0.5) is 19.1 Å². The smallest absolute Gasteiger partial charge is 0.475 e. The van der Waals surface area contributed by atoms with Crippen molar-refractivity contribution in [2.75, 3.05) is 31.1 Å². The van der Waals surface area contributed by atoms with Gasteiger partial charge in [0, 0.05) is 37.6 Å². The summed E-state index contributed by atoms with van der Waals surface area (Å²) >= 11 is 0. The molecule has 1 spiro atoms. The van der Waals surface area contributed by atoms with E-state index in [-0.39, 0.29) is 0 Å². The highest BCUT2D eigenvalue weighted by Gasteiger charge is 2.44. The average Bonchev–Trinajstić information content (AvgIpc) is 3.38. The van der Waals surface area contributed by atoms with Gasteiger partial charge in [-0.15, -0.1) is 0 Å². The first kappa shape index (κ1) is 20.8. The third kappa shape index (κ3) is 5.12. The molecule has 4 rings (SSSR count). The molecule has 156 valence electrons. The van der Waals surface area contributed by atoms with Crippen LogP contribution in [0.5, 0.6) is 0 Å². The number of anilines is 1. The molecule has 1 saturated carbocycles. The largest absolute Gasteiger partial charge is 0.490 e. The molecule has 2 saturated heterocycles. The number of halogens is 3. The molecular formula is C19H27F3N4O2. The predicted molar refractivity (Wildman–Crippen MR) is 98.2 cm³/mol. The Morgan fingerprint density at radius 3 is 2.25 bits per heavy atom. The molecule has 0 unspecified atom stereocenters.